The van der Waals surface area contributed by atoms with Crippen molar-refractivity contribution in [1.82, 2.24) is 4.90 Å². The highest BCUT2D eigenvalue weighted by Gasteiger charge is 2.09. The van der Waals surface area contributed by atoms with Gasteiger partial charge in [0, 0.05) is 27.5 Å². The molecule has 1 heterocycles. The second kappa shape index (κ2) is 8.01. The van der Waals surface area contributed by atoms with Gasteiger partial charge in [0.15, 0.2) is 0 Å². The fourth-order valence-electron chi connectivity index (χ4n) is 1.09. The third-order valence-electron chi connectivity index (χ3n) is 1.78. The average molecular weight is 190 g/mol. The van der Waals surface area contributed by atoms with Gasteiger partial charge in [0.1, 0.15) is 0 Å². The second-order valence-electron chi connectivity index (χ2n) is 2.67. The van der Waals surface area contributed by atoms with Crippen molar-refractivity contribution in [1.29, 1.82) is 0 Å². The molecule has 1 amide bonds. The highest BCUT2D eigenvalue weighted by Crippen LogP contribution is 1.96. The molecule has 1 fully saturated rings. The Kier molecular flexibility index (Phi) is 7.63. The predicted molar refractivity (Wildman–Crippen MR) is 54.5 cm³/mol. The predicted octanol–water partition coefficient (Wildman–Crippen LogP) is 0.466. The van der Waals surface area contributed by atoms with Gasteiger partial charge in [-0.3, -0.25) is 9.69 Å². The zero-order valence-electron chi connectivity index (χ0n) is 8.58. The van der Waals surface area contributed by atoms with E-state index < -0.39 is 0 Å². The molecule has 0 atom stereocenters. The largest absolute Gasteiger partial charge is 0.379 e. The molecule has 2 N–H and O–H groups in total. The number of rotatable bonds is 3. The van der Waals surface area contributed by atoms with Crippen molar-refractivity contribution in [2.24, 2.45) is 5.73 Å². The normalized spacial score (nSPS) is 17.4. The van der Waals surface area contributed by atoms with Crippen LogP contribution >= 0.6 is 0 Å². The summed E-state index contributed by atoms with van der Waals surface area (Å²) < 4.78 is 5.15. The van der Waals surface area contributed by atoms with Crippen molar-refractivity contribution in [2.75, 3.05) is 32.8 Å². The minimum atomic E-state index is -0.225. The lowest BCUT2D eigenvalue weighted by molar-refractivity contribution is -0.118. The van der Waals surface area contributed by atoms with Gasteiger partial charge < -0.3 is 10.5 Å². The molecular weight excluding hydrogens is 168 g/mol. The van der Waals surface area contributed by atoms with Crippen LogP contribution in [0.2, 0.25) is 0 Å². The monoisotopic (exact) mass is 190 g/mol. The molecule has 0 aromatic heterocycles. The maximum Gasteiger partial charge on any atom is 0.218 e. The summed E-state index contributed by atoms with van der Waals surface area (Å²) in [6.45, 7) is 8.18. The number of hydrogen-bond donors (Lipinski definition) is 1. The molecule has 0 radical (unpaired) electrons. The van der Waals surface area contributed by atoms with Crippen molar-refractivity contribution in [3.63, 3.8) is 0 Å². The first-order chi connectivity index (χ1) is 6.29. The summed E-state index contributed by atoms with van der Waals surface area (Å²) in [5.41, 5.74) is 5.01. The Balaban J connectivity index is 0. The Morgan fingerprint density at radius 2 is 2.00 bits per heavy atom. The third-order valence-corrected chi connectivity index (χ3v) is 1.78. The second-order valence-corrected chi connectivity index (χ2v) is 2.67. The maximum atomic E-state index is 10.4. The van der Waals surface area contributed by atoms with Gasteiger partial charge in [-0.25, -0.2) is 0 Å². The van der Waals surface area contributed by atoms with Crippen LogP contribution in [0.1, 0.15) is 21.7 Å². The molecule has 0 unspecified atom stereocenters. The zero-order valence-corrected chi connectivity index (χ0v) is 8.58. The smallest absolute Gasteiger partial charge is 0.218 e. The third kappa shape index (κ3) is 6.54. The average Bonchev–Trinajstić information content (AvgIpc) is 2.19. The first kappa shape index (κ1) is 12.4. The Morgan fingerprint density at radius 1 is 1.46 bits per heavy atom. The zero-order chi connectivity index (χ0) is 10.1. The Morgan fingerprint density at radius 3 is 2.46 bits per heavy atom. The number of hydrogen-bond acceptors (Lipinski definition) is 3. The SMILES string of the molecule is CC.NC(=O)CCN1CCOCC1.[HH]. The van der Waals surface area contributed by atoms with Gasteiger partial charge in [-0.05, 0) is 0 Å². The van der Waals surface area contributed by atoms with E-state index in [9.17, 15) is 4.79 Å². The Hall–Kier alpha value is -0.610. The first-order valence-corrected chi connectivity index (χ1v) is 4.87. The summed E-state index contributed by atoms with van der Waals surface area (Å²) in [5.74, 6) is -0.225. The molecular formula is C9H22N2O2. The molecule has 1 saturated heterocycles. The number of carbonyl (C=O) groups is 1. The van der Waals surface area contributed by atoms with Gasteiger partial charge in [0.05, 0.1) is 13.2 Å². The van der Waals surface area contributed by atoms with E-state index in [0.717, 1.165) is 32.8 Å². The summed E-state index contributed by atoms with van der Waals surface area (Å²) >= 11 is 0. The van der Waals surface area contributed by atoms with E-state index in [1.54, 1.807) is 0 Å². The Labute approximate surface area is 81.5 Å². The molecule has 1 aliphatic rings. The number of amides is 1. The van der Waals surface area contributed by atoms with Crippen LogP contribution in [0, 0.1) is 0 Å². The molecule has 0 saturated carbocycles. The maximum absolute atomic E-state index is 10.4. The van der Waals surface area contributed by atoms with Crippen molar-refractivity contribution in [2.45, 2.75) is 20.3 Å². The molecule has 0 spiro atoms. The van der Waals surface area contributed by atoms with Gasteiger partial charge in [0.25, 0.3) is 0 Å². The summed E-state index contributed by atoms with van der Waals surface area (Å²) in [7, 11) is 0. The molecule has 0 aromatic carbocycles. The molecule has 1 aliphatic heterocycles. The number of nitrogens with two attached hydrogens (primary N) is 1. The van der Waals surface area contributed by atoms with Crippen LogP contribution in [0.15, 0.2) is 0 Å². The summed E-state index contributed by atoms with van der Waals surface area (Å²) in [6.07, 6.45) is 0.458. The van der Waals surface area contributed by atoms with E-state index in [-0.39, 0.29) is 7.33 Å². The lowest BCUT2D eigenvalue weighted by Crippen LogP contribution is -2.38. The lowest BCUT2D eigenvalue weighted by Gasteiger charge is -2.25. The van der Waals surface area contributed by atoms with Crippen LogP contribution in [-0.2, 0) is 9.53 Å². The van der Waals surface area contributed by atoms with Crippen molar-refractivity contribution >= 4 is 5.91 Å². The fourth-order valence-corrected chi connectivity index (χ4v) is 1.09. The van der Waals surface area contributed by atoms with E-state index in [1.165, 1.54) is 0 Å². The number of nitrogens with zero attached hydrogens (tertiary/aromatic N) is 1. The van der Waals surface area contributed by atoms with E-state index in [0.29, 0.717) is 6.42 Å². The highest BCUT2D eigenvalue weighted by molar-refractivity contribution is 5.73. The lowest BCUT2D eigenvalue weighted by atomic mass is 10.3. The van der Waals surface area contributed by atoms with Crippen molar-refractivity contribution < 1.29 is 11.0 Å². The first-order valence-electron chi connectivity index (χ1n) is 4.87. The van der Waals surface area contributed by atoms with Gasteiger partial charge in [-0.2, -0.15) is 0 Å². The summed E-state index contributed by atoms with van der Waals surface area (Å²) in [4.78, 5) is 12.6. The number of morpholine rings is 1. The van der Waals surface area contributed by atoms with Crippen molar-refractivity contribution in [3.8, 4) is 0 Å². The summed E-state index contributed by atoms with van der Waals surface area (Å²) in [5, 5.41) is 0. The van der Waals surface area contributed by atoms with Gasteiger partial charge in [0.2, 0.25) is 5.91 Å². The van der Waals surface area contributed by atoms with Crippen LogP contribution in [0.4, 0.5) is 0 Å². The number of primary amides is 1. The van der Waals surface area contributed by atoms with Gasteiger partial charge >= 0.3 is 0 Å². The molecule has 1 rings (SSSR count). The van der Waals surface area contributed by atoms with Crippen LogP contribution in [0.5, 0.6) is 0 Å². The topological polar surface area (TPSA) is 55.6 Å². The van der Waals surface area contributed by atoms with Gasteiger partial charge in [-0.1, -0.05) is 13.8 Å². The minimum absolute atomic E-state index is 0. The molecule has 0 aliphatic carbocycles. The number of ether oxygens (including phenoxy) is 1. The summed E-state index contributed by atoms with van der Waals surface area (Å²) in [6, 6.07) is 0. The van der Waals surface area contributed by atoms with Crippen LogP contribution < -0.4 is 5.73 Å². The van der Waals surface area contributed by atoms with E-state index in [2.05, 4.69) is 4.90 Å². The quantitative estimate of drug-likeness (QED) is 0.703. The minimum Gasteiger partial charge on any atom is -0.379 e. The van der Waals surface area contributed by atoms with Gasteiger partial charge in [-0.15, -0.1) is 0 Å². The number of carbonyl (C=O) groups excluding carboxylic acids is 1. The van der Waals surface area contributed by atoms with E-state index >= 15 is 0 Å². The highest BCUT2D eigenvalue weighted by atomic mass is 16.5. The fraction of sp³-hybridized carbons (Fsp3) is 0.889. The standard InChI is InChI=1S/C7H14N2O2.C2H6.H2/c8-7(10)1-2-9-3-5-11-6-4-9;1-2;/h1-6H2,(H2,8,10);1-2H3;1H. The molecule has 80 valence electrons. The van der Waals surface area contributed by atoms with Crippen LogP contribution in [0.3, 0.4) is 0 Å². The Bertz CT molecular complexity index is 139. The van der Waals surface area contributed by atoms with Crippen LogP contribution in [-0.4, -0.2) is 43.7 Å². The van der Waals surface area contributed by atoms with E-state index in [1.807, 2.05) is 13.8 Å². The molecule has 0 aromatic rings. The van der Waals surface area contributed by atoms with Crippen molar-refractivity contribution in [3.05, 3.63) is 0 Å². The van der Waals surface area contributed by atoms with E-state index in [4.69, 9.17) is 10.5 Å². The molecule has 4 heteroatoms. The molecule has 4 nitrogen and oxygen atoms in total. The van der Waals surface area contributed by atoms with Crippen LogP contribution in [0.25, 0.3) is 0 Å². The molecule has 0 bridgehead atoms. The molecule has 13 heavy (non-hydrogen) atoms.